The van der Waals surface area contributed by atoms with Gasteiger partial charge in [-0.1, -0.05) is 11.6 Å². The third-order valence-corrected chi connectivity index (χ3v) is 4.28. The molecule has 19 heavy (non-hydrogen) atoms. The molecule has 1 saturated heterocycles. The van der Waals surface area contributed by atoms with Crippen LogP contribution in [-0.2, 0) is 6.18 Å². The van der Waals surface area contributed by atoms with Crippen LogP contribution in [0.2, 0.25) is 5.15 Å². The van der Waals surface area contributed by atoms with Gasteiger partial charge < -0.3 is 5.32 Å². The summed E-state index contributed by atoms with van der Waals surface area (Å²) in [4.78, 5) is 3.88. The molecule has 0 atom stereocenters. The van der Waals surface area contributed by atoms with Crippen LogP contribution in [0.15, 0.2) is 12.1 Å². The van der Waals surface area contributed by atoms with E-state index >= 15 is 0 Å². The lowest BCUT2D eigenvalue weighted by atomic mass is 10.0. The van der Waals surface area contributed by atoms with Gasteiger partial charge in [0.2, 0.25) is 0 Å². The molecule has 0 spiro atoms. The van der Waals surface area contributed by atoms with E-state index in [1.807, 2.05) is 11.8 Å². The minimum atomic E-state index is -4.40. The van der Waals surface area contributed by atoms with Crippen molar-refractivity contribution in [2.45, 2.75) is 19.0 Å². The molecule has 2 heterocycles. The van der Waals surface area contributed by atoms with Crippen molar-refractivity contribution in [2.24, 2.45) is 5.92 Å². The average molecular weight is 311 g/mol. The Morgan fingerprint density at radius 3 is 2.63 bits per heavy atom. The Morgan fingerprint density at radius 1 is 1.32 bits per heavy atom. The Hall–Kier alpha value is -0.620. The van der Waals surface area contributed by atoms with E-state index in [-0.39, 0.29) is 11.0 Å². The summed E-state index contributed by atoms with van der Waals surface area (Å²) in [6.45, 7) is 0.644. The van der Waals surface area contributed by atoms with Crippen LogP contribution in [0.3, 0.4) is 0 Å². The van der Waals surface area contributed by atoms with Crippen LogP contribution < -0.4 is 5.32 Å². The normalized spacial score (nSPS) is 17.5. The fraction of sp³-hybridized carbons (Fsp3) is 0.583. The quantitative estimate of drug-likeness (QED) is 0.842. The molecule has 1 aromatic heterocycles. The SMILES string of the molecule is FC(F)(F)c1cc(Cl)nc(NCC2CCSCC2)c1. The summed E-state index contributed by atoms with van der Waals surface area (Å²) in [7, 11) is 0. The first kappa shape index (κ1) is 14.8. The molecule has 0 aromatic carbocycles. The van der Waals surface area contributed by atoms with Gasteiger partial charge in [0.1, 0.15) is 11.0 Å². The lowest BCUT2D eigenvalue weighted by Crippen LogP contribution is -2.20. The first-order valence-corrected chi connectivity index (χ1v) is 7.55. The summed E-state index contributed by atoms with van der Waals surface area (Å²) in [5.41, 5.74) is -0.769. The Bertz CT molecular complexity index is 433. The number of thioether (sulfide) groups is 1. The van der Waals surface area contributed by atoms with Gasteiger partial charge in [0, 0.05) is 6.54 Å². The summed E-state index contributed by atoms with van der Waals surface area (Å²) in [6.07, 6.45) is -2.22. The molecule has 0 unspecified atom stereocenters. The minimum absolute atomic E-state index is 0.142. The maximum absolute atomic E-state index is 12.6. The fourth-order valence-corrected chi connectivity index (χ4v) is 3.36. The predicted octanol–water partition coefficient (Wildman–Crippen LogP) is 4.31. The minimum Gasteiger partial charge on any atom is -0.370 e. The van der Waals surface area contributed by atoms with Gasteiger partial charge in [0.25, 0.3) is 0 Å². The summed E-state index contributed by atoms with van der Waals surface area (Å²) < 4.78 is 37.9. The van der Waals surface area contributed by atoms with E-state index in [0.717, 1.165) is 36.5 Å². The van der Waals surface area contributed by atoms with Crippen molar-refractivity contribution in [1.82, 2.24) is 4.98 Å². The molecule has 0 amide bonds. The highest BCUT2D eigenvalue weighted by Gasteiger charge is 2.31. The van der Waals surface area contributed by atoms with Gasteiger partial charge in [-0.15, -0.1) is 0 Å². The third kappa shape index (κ3) is 4.45. The molecular weight excluding hydrogens is 297 g/mol. The predicted molar refractivity (Wildman–Crippen MR) is 72.8 cm³/mol. The molecule has 1 aliphatic heterocycles. The Kier molecular flexibility index (Phi) is 4.84. The lowest BCUT2D eigenvalue weighted by molar-refractivity contribution is -0.137. The molecule has 2 rings (SSSR count). The molecule has 1 aromatic rings. The van der Waals surface area contributed by atoms with E-state index in [1.165, 1.54) is 0 Å². The summed E-state index contributed by atoms with van der Waals surface area (Å²) in [6, 6.07) is 1.84. The highest BCUT2D eigenvalue weighted by molar-refractivity contribution is 7.99. The standard InChI is InChI=1S/C12H14ClF3N2S/c13-10-5-9(12(14,15)16)6-11(18-10)17-7-8-1-3-19-4-2-8/h5-6,8H,1-4,7H2,(H,17,18). The molecule has 0 aliphatic carbocycles. The topological polar surface area (TPSA) is 24.9 Å². The number of hydrogen-bond donors (Lipinski definition) is 1. The van der Waals surface area contributed by atoms with Crippen molar-refractivity contribution in [3.63, 3.8) is 0 Å². The number of anilines is 1. The smallest absolute Gasteiger partial charge is 0.370 e. The van der Waals surface area contributed by atoms with Gasteiger partial charge in [-0.25, -0.2) is 4.98 Å². The largest absolute Gasteiger partial charge is 0.416 e. The van der Waals surface area contributed by atoms with Gasteiger partial charge in [0.15, 0.2) is 0 Å². The zero-order valence-electron chi connectivity index (χ0n) is 10.1. The maximum Gasteiger partial charge on any atom is 0.416 e. The summed E-state index contributed by atoms with van der Waals surface area (Å²) in [5.74, 6) is 2.92. The van der Waals surface area contributed by atoms with Crippen LogP contribution >= 0.6 is 23.4 Å². The second kappa shape index (κ2) is 6.22. The van der Waals surface area contributed by atoms with Crippen molar-refractivity contribution >= 4 is 29.2 Å². The zero-order chi connectivity index (χ0) is 13.9. The van der Waals surface area contributed by atoms with Crippen LogP contribution in [0.5, 0.6) is 0 Å². The van der Waals surface area contributed by atoms with E-state index < -0.39 is 11.7 Å². The monoisotopic (exact) mass is 310 g/mol. The van der Waals surface area contributed by atoms with Gasteiger partial charge in [-0.05, 0) is 42.4 Å². The van der Waals surface area contributed by atoms with E-state index in [4.69, 9.17) is 11.6 Å². The Balaban J connectivity index is 2.01. The lowest BCUT2D eigenvalue weighted by Gasteiger charge is -2.22. The maximum atomic E-state index is 12.6. The van der Waals surface area contributed by atoms with Crippen molar-refractivity contribution in [3.05, 3.63) is 22.8 Å². The van der Waals surface area contributed by atoms with E-state index in [0.29, 0.717) is 12.5 Å². The van der Waals surface area contributed by atoms with Crippen LogP contribution in [-0.4, -0.2) is 23.0 Å². The molecule has 1 N–H and O–H groups in total. The van der Waals surface area contributed by atoms with Gasteiger partial charge in [0.05, 0.1) is 5.56 Å². The molecule has 0 saturated carbocycles. The molecule has 2 nitrogen and oxygen atoms in total. The average Bonchev–Trinajstić information content (AvgIpc) is 2.36. The molecule has 7 heteroatoms. The van der Waals surface area contributed by atoms with Crippen molar-refractivity contribution in [2.75, 3.05) is 23.4 Å². The van der Waals surface area contributed by atoms with Crippen LogP contribution in [0.25, 0.3) is 0 Å². The van der Waals surface area contributed by atoms with Crippen molar-refractivity contribution in [3.8, 4) is 0 Å². The zero-order valence-corrected chi connectivity index (χ0v) is 11.7. The molecule has 0 radical (unpaired) electrons. The number of nitrogens with one attached hydrogen (secondary N) is 1. The number of pyridine rings is 1. The number of alkyl halides is 3. The number of nitrogens with zero attached hydrogens (tertiary/aromatic N) is 1. The van der Waals surface area contributed by atoms with E-state index in [1.54, 1.807) is 0 Å². The molecule has 0 bridgehead atoms. The van der Waals surface area contributed by atoms with E-state index in [9.17, 15) is 13.2 Å². The van der Waals surface area contributed by atoms with Gasteiger partial charge >= 0.3 is 6.18 Å². The van der Waals surface area contributed by atoms with Crippen molar-refractivity contribution < 1.29 is 13.2 Å². The van der Waals surface area contributed by atoms with Crippen LogP contribution in [0.4, 0.5) is 19.0 Å². The number of hydrogen-bond acceptors (Lipinski definition) is 3. The fourth-order valence-electron chi connectivity index (χ4n) is 1.95. The molecular formula is C12H14ClF3N2S. The molecule has 1 aliphatic rings. The number of aromatic nitrogens is 1. The number of rotatable bonds is 3. The first-order valence-electron chi connectivity index (χ1n) is 6.01. The molecule has 106 valence electrons. The Morgan fingerprint density at radius 2 is 2.00 bits per heavy atom. The second-order valence-electron chi connectivity index (χ2n) is 4.50. The van der Waals surface area contributed by atoms with Crippen LogP contribution in [0, 0.1) is 5.92 Å². The molecule has 1 fully saturated rings. The second-order valence-corrected chi connectivity index (χ2v) is 6.11. The summed E-state index contributed by atoms with van der Waals surface area (Å²) in [5, 5.41) is 2.82. The van der Waals surface area contributed by atoms with Gasteiger partial charge in [-0.3, -0.25) is 0 Å². The highest BCUT2D eigenvalue weighted by Crippen LogP contribution is 2.32. The number of halogens is 4. The first-order chi connectivity index (χ1) is 8.95. The van der Waals surface area contributed by atoms with Crippen molar-refractivity contribution in [1.29, 1.82) is 0 Å². The Labute approximate surface area is 119 Å². The van der Waals surface area contributed by atoms with Gasteiger partial charge in [-0.2, -0.15) is 24.9 Å². The van der Waals surface area contributed by atoms with E-state index in [2.05, 4.69) is 10.3 Å². The third-order valence-electron chi connectivity index (χ3n) is 3.03. The van der Waals surface area contributed by atoms with Crippen LogP contribution in [0.1, 0.15) is 18.4 Å². The summed E-state index contributed by atoms with van der Waals surface area (Å²) >= 11 is 7.54. The highest BCUT2D eigenvalue weighted by atomic mass is 35.5.